The third-order valence-electron chi connectivity index (χ3n) is 1.84. The van der Waals surface area contributed by atoms with Gasteiger partial charge in [0.2, 0.25) is 5.91 Å². The van der Waals surface area contributed by atoms with E-state index in [1.807, 2.05) is 26.0 Å². The van der Waals surface area contributed by atoms with E-state index in [2.05, 4.69) is 22.9 Å². The Morgan fingerprint density at radius 3 is 2.79 bits per heavy atom. The molecule has 1 heterocycles. The van der Waals surface area contributed by atoms with Gasteiger partial charge in [0.15, 0.2) is 0 Å². The van der Waals surface area contributed by atoms with Gasteiger partial charge in [-0.1, -0.05) is 0 Å². The smallest absolute Gasteiger partial charge is 0.225 e. The largest absolute Gasteiger partial charge is 0.324 e. The zero-order valence-corrected chi connectivity index (χ0v) is 9.27. The van der Waals surface area contributed by atoms with Crippen molar-refractivity contribution in [1.82, 2.24) is 4.98 Å². The number of anilines is 1. The van der Waals surface area contributed by atoms with Crippen LogP contribution in [0.15, 0.2) is 12.1 Å². The Kier molecular flexibility index (Phi) is 3.95. The second-order valence-corrected chi connectivity index (χ2v) is 3.55. The van der Waals surface area contributed by atoms with Gasteiger partial charge in [0, 0.05) is 12.1 Å². The van der Waals surface area contributed by atoms with E-state index in [4.69, 9.17) is 0 Å². The first kappa shape index (κ1) is 11.0. The molecule has 0 fully saturated rings. The summed E-state index contributed by atoms with van der Waals surface area (Å²) in [5.74, 6) is 0.540. The molecule has 0 aromatic carbocycles. The molecule has 0 aliphatic carbocycles. The molecule has 0 saturated heterocycles. The lowest BCUT2D eigenvalue weighted by Crippen LogP contribution is -2.13. The van der Waals surface area contributed by atoms with Gasteiger partial charge in [-0.15, -0.1) is 0 Å². The summed E-state index contributed by atoms with van der Waals surface area (Å²) in [7, 11) is 0. The van der Waals surface area contributed by atoms with Crippen LogP contribution >= 0.6 is 12.6 Å². The van der Waals surface area contributed by atoms with Crippen LogP contribution in [-0.2, 0) is 4.79 Å². The van der Waals surface area contributed by atoms with Crippen LogP contribution < -0.4 is 5.32 Å². The summed E-state index contributed by atoms with van der Waals surface area (Å²) >= 11 is 3.99. The number of carbonyl (C=O) groups excluding carboxylic acids is 1. The second kappa shape index (κ2) is 5.00. The number of rotatable bonds is 3. The molecule has 1 rings (SSSR count). The predicted molar refractivity (Wildman–Crippen MR) is 60.8 cm³/mol. The SMILES string of the molecule is Cc1ccc(NC(=O)CCS)c(C)n1. The first-order chi connectivity index (χ1) is 6.63. The number of hydrogen-bond acceptors (Lipinski definition) is 3. The number of carbonyl (C=O) groups is 1. The molecule has 0 aliphatic heterocycles. The molecular formula is C10H14N2OS. The quantitative estimate of drug-likeness (QED) is 0.749. The van der Waals surface area contributed by atoms with E-state index in [1.165, 1.54) is 0 Å². The van der Waals surface area contributed by atoms with Crippen molar-refractivity contribution in [3.8, 4) is 0 Å². The normalized spacial score (nSPS) is 9.93. The minimum absolute atomic E-state index is 0.0197. The summed E-state index contributed by atoms with van der Waals surface area (Å²) in [5, 5.41) is 2.79. The fourth-order valence-electron chi connectivity index (χ4n) is 1.13. The van der Waals surface area contributed by atoms with Crippen LogP contribution in [0.5, 0.6) is 0 Å². The Labute approximate surface area is 89.3 Å². The maximum Gasteiger partial charge on any atom is 0.225 e. The van der Waals surface area contributed by atoms with Gasteiger partial charge in [-0.25, -0.2) is 0 Å². The maximum absolute atomic E-state index is 11.3. The first-order valence-electron chi connectivity index (χ1n) is 4.48. The average Bonchev–Trinajstić information content (AvgIpc) is 2.10. The number of thiol groups is 1. The van der Waals surface area contributed by atoms with E-state index < -0.39 is 0 Å². The molecular weight excluding hydrogens is 196 g/mol. The van der Waals surface area contributed by atoms with E-state index in [-0.39, 0.29) is 5.91 Å². The van der Waals surface area contributed by atoms with Gasteiger partial charge in [0.25, 0.3) is 0 Å². The number of aromatic nitrogens is 1. The van der Waals surface area contributed by atoms with Crippen LogP contribution in [0.2, 0.25) is 0 Å². The summed E-state index contributed by atoms with van der Waals surface area (Å²) in [6.45, 7) is 3.80. The molecule has 1 aromatic heterocycles. The summed E-state index contributed by atoms with van der Waals surface area (Å²) in [5.41, 5.74) is 2.58. The summed E-state index contributed by atoms with van der Waals surface area (Å²) in [4.78, 5) is 15.5. The molecule has 0 bridgehead atoms. The van der Waals surface area contributed by atoms with Gasteiger partial charge in [0.1, 0.15) is 0 Å². The van der Waals surface area contributed by atoms with Crippen LogP contribution in [0.4, 0.5) is 5.69 Å². The standard InChI is InChI=1S/C10H14N2OS/c1-7-3-4-9(8(2)11-7)12-10(13)5-6-14/h3-4,14H,5-6H2,1-2H3,(H,12,13). The Hall–Kier alpha value is -1.03. The lowest BCUT2D eigenvalue weighted by molar-refractivity contribution is -0.115. The molecule has 0 atom stereocenters. The van der Waals surface area contributed by atoms with Crippen molar-refractivity contribution in [2.75, 3.05) is 11.1 Å². The first-order valence-corrected chi connectivity index (χ1v) is 5.11. The number of amides is 1. The second-order valence-electron chi connectivity index (χ2n) is 3.11. The van der Waals surface area contributed by atoms with Crippen LogP contribution in [-0.4, -0.2) is 16.6 Å². The lowest BCUT2D eigenvalue weighted by Gasteiger charge is -2.07. The molecule has 0 radical (unpaired) electrons. The van der Waals surface area contributed by atoms with Crippen LogP contribution in [0.25, 0.3) is 0 Å². The molecule has 0 saturated carbocycles. The molecule has 1 aromatic rings. The third-order valence-corrected chi connectivity index (χ3v) is 2.06. The van der Waals surface area contributed by atoms with Crippen molar-refractivity contribution in [3.05, 3.63) is 23.5 Å². The van der Waals surface area contributed by atoms with Crippen molar-refractivity contribution >= 4 is 24.2 Å². The minimum atomic E-state index is -0.0197. The Morgan fingerprint density at radius 2 is 2.21 bits per heavy atom. The summed E-state index contributed by atoms with van der Waals surface area (Å²) in [6, 6.07) is 3.75. The highest BCUT2D eigenvalue weighted by molar-refractivity contribution is 7.80. The molecule has 0 spiro atoms. The molecule has 76 valence electrons. The van der Waals surface area contributed by atoms with Gasteiger partial charge in [-0.3, -0.25) is 9.78 Å². The monoisotopic (exact) mass is 210 g/mol. The highest BCUT2D eigenvalue weighted by Gasteiger charge is 2.04. The van der Waals surface area contributed by atoms with Gasteiger partial charge < -0.3 is 5.32 Å². The van der Waals surface area contributed by atoms with E-state index in [9.17, 15) is 4.79 Å². The Morgan fingerprint density at radius 1 is 1.50 bits per heavy atom. The van der Waals surface area contributed by atoms with Gasteiger partial charge in [-0.05, 0) is 31.7 Å². The molecule has 1 amide bonds. The zero-order valence-electron chi connectivity index (χ0n) is 8.37. The van der Waals surface area contributed by atoms with E-state index in [1.54, 1.807) is 0 Å². The average molecular weight is 210 g/mol. The van der Waals surface area contributed by atoms with E-state index in [0.29, 0.717) is 12.2 Å². The third kappa shape index (κ3) is 3.03. The van der Waals surface area contributed by atoms with Crippen molar-refractivity contribution in [1.29, 1.82) is 0 Å². The number of hydrogen-bond donors (Lipinski definition) is 2. The minimum Gasteiger partial charge on any atom is -0.324 e. The zero-order chi connectivity index (χ0) is 10.6. The fraction of sp³-hybridized carbons (Fsp3) is 0.400. The number of nitrogens with zero attached hydrogens (tertiary/aromatic N) is 1. The van der Waals surface area contributed by atoms with Gasteiger partial charge in [-0.2, -0.15) is 12.6 Å². The molecule has 1 N–H and O–H groups in total. The lowest BCUT2D eigenvalue weighted by atomic mass is 10.2. The molecule has 14 heavy (non-hydrogen) atoms. The van der Waals surface area contributed by atoms with Crippen molar-refractivity contribution < 1.29 is 4.79 Å². The Bertz CT molecular complexity index is 339. The Balaban J connectivity index is 2.72. The van der Waals surface area contributed by atoms with Crippen molar-refractivity contribution in [3.63, 3.8) is 0 Å². The van der Waals surface area contributed by atoms with Crippen LogP contribution in [0, 0.1) is 13.8 Å². The number of pyridine rings is 1. The van der Waals surface area contributed by atoms with E-state index >= 15 is 0 Å². The van der Waals surface area contributed by atoms with Gasteiger partial charge >= 0.3 is 0 Å². The van der Waals surface area contributed by atoms with Crippen LogP contribution in [0.3, 0.4) is 0 Å². The van der Waals surface area contributed by atoms with Gasteiger partial charge in [0.05, 0.1) is 11.4 Å². The van der Waals surface area contributed by atoms with Crippen molar-refractivity contribution in [2.24, 2.45) is 0 Å². The van der Waals surface area contributed by atoms with Crippen LogP contribution in [0.1, 0.15) is 17.8 Å². The molecule has 0 unspecified atom stereocenters. The molecule has 0 aliphatic rings. The molecule has 3 nitrogen and oxygen atoms in total. The fourth-order valence-corrected chi connectivity index (χ4v) is 1.34. The maximum atomic E-state index is 11.3. The topological polar surface area (TPSA) is 42.0 Å². The molecule has 4 heteroatoms. The number of nitrogens with one attached hydrogen (secondary N) is 1. The summed E-state index contributed by atoms with van der Waals surface area (Å²) in [6.07, 6.45) is 0.427. The highest BCUT2D eigenvalue weighted by atomic mass is 32.1. The highest BCUT2D eigenvalue weighted by Crippen LogP contribution is 2.12. The van der Waals surface area contributed by atoms with E-state index in [0.717, 1.165) is 17.1 Å². The summed E-state index contributed by atoms with van der Waals surface area (Å²) < 4.78 is 0. The predicted octanol–water partition coefficient (Wildman–Crippen LogP) is 1.96. The number of aryl methyl sites for hydroxylation is 2. The van der Waals surface area contributed by atoms with Crippen molar-refractivity contribution in [2.45, 2.75) is 20.3 Å².